The van der Waals surface area contributed by atoms with Gasteiger partial charge in [0.25, 0.3) is 6.10 Å². The predicted octanol–water partition coefficient (Wildman–Crippen LogP) is 4.77. The molecule has 1 aromatic heterocycles. The minimum Gasteiger partial charge on any atom is -0.426 e. The van der Waals surface area contributed by atoms with Crippen LogP contribution in [0.15, 0.2) is 18.3 Å². The van der Waals surface area contributed by atoms with E-state index in [1.165, 1.54) is 0 Å². The first-order chi connectivity index (χ1) is 15.0. The second-order valence-corrected chi connectivity index (χ2v) is 7.87. The molecule has 1 atom stereocenters. The van der Waals surface area contributed by atoms with E-state index in [9.17, 15) is 49.1 Å². The lowest BCUT2D eigenvalue weighted by Gasteiger charge is -2.33. The average molecular weight is 493 g/mol. The van der Waals surface area contributed by atoms with Gasteiger partial charge in [0.15, 0.2) is 0 Å². The van der Waals surface area contributed by atoms with Gasteiger partial charge in [0.05, 0.1) is 11.9 Å². The van der Waals surface area contributed by atoms with E-state index in [4.69, 9.17) is 0 Å². The Hall–Kier alpha value is -2.74. The zero-order chi connectivity index (χ0) is 24.8. The Morgan fingerprint density at radius 1 is 1.03 bits per heavy atom. The quantitative estimate of drug-likeness (QED) is 0.616. The summed E-state index contributed by atoms with van der Waals surface area (Å²) in [5.41, 5.74) is -1.71. The number of piperidine rings is 1. The Balaban J connectivity index is 1.53. The van der Waals surface area contributed by atoms with E-state index in [0.29, 0.717) is 17.4 Å². The van der Waals surface area contributed by atoms with Crippen molar-refractivity contribution in [2.75, 3.05) is 18.4 Å². The first-order valence-corrected chi connectivity index (χ1v) is 9.46. The number of anilines is 1. The number of rotatable bonds is 3. The lowest BCUT2D eigenvalue weighted by Crippen LogP contribution is -2.49. The highest BCUT2D eigenvalue weighted by molar-refractivity contribution is 5.95. The highest BCUT2D eigenvalue weighted by Gasteiger charge is 2.61. The largest absolute Gasteiger partial charge is 0.434 e. The molecule has 2 heterocycles. The van der Waals surface area contributed by atoms with Crippen LogP contribution in [0.2, 0.25) is 0 Å². The molecule has 2 amide bonds. The number of pyridine rings is 1. The van der Waals surface area contributed by atoms with Gasteiger partial charge in [-0.3, -0.25) is 4.79 Å². The molecule has 1 saturated carbocycles. The van der Waals surface area contributed by atoms with Crippen molar-refractivity contribution in [3.63, 3.8) is 0 Å². The molecule has 15 heteroatoms. The van der Waals surface area contributed by atoms with Crippen molar-refractivity contribution in [1.29, 1.82) is 0 Å². The van der Waals surface area contributed by atoms with Crippen LogP contribution in [0.1, 0.15) is 25.0 Å². The standard InChI is InChI=1S/C18H16F9N3O3/c19-16(20,21)11-2-1-9(8-28-11)29-12(31)10-7-15(10)3-5-30(6-4-15)14(32)33-13(17(22,23)24)18(25,26)27/h1-2,8,10,13H,3-7H2,(H,29,31)/t10-/m0/s1. The minimum atomic E-state index is -5.82. The smallest absolute Gasteiger partial charge is 0.426 e. The van der Waals surface area contributed by atoms with Crippen LogP contribution in [0.4, 0.5) is 50.0 Å². The van der Waals surface area contributed by atoms with Crippen LogP contribution in [0.25, 0.3) is 0 Å². The molecule has 1 N–H and O–H groups in total. The van der Waals surface area contributed by atoms with Crippen molar-refractivity contribution < 1.29 is 53.8 Å². The molecule has 2 aliphatic rings. The number of hydrogen-bond donors (Lipinski definition) is 1. The summed E-state index contributed by atoms with van der Waals surface area (Å²) in [5.74, 6) is -1.09. The number of hydrogen-bond acceptors (Lipinski definition) is 4. The van der Waals surface area contributed by atoms with Gasteiger partial charge in [-0.1, -0.05) is 0 Å². The number of nitrogens with zero attached hydrogens (tertiary/aromatic N) is 2. The molecule has 0 unspecified atom stereocenters. The Labute approximate surface area is 180 Å². The Morgan fingerprint density at radius 3 is 2.06 bits per heavy atom. The number of alkyl halides is 9. The zero-order valence-corrected chi connectivity index (χ0v) is 16.4. The van der Waals surface area contributed by atoms with E-state index in [1.54, 1.807) is 0 Å². The predicted molar refractivity (Wildman–Crippen MR) is 91.6 cm³/mol. The minimum absolute atomic E-state index is 0.0291. The molecule has 2 fully saturated rings. The molecule has 1 aromatic rings. The van der Waals surface area contributed by atoms with Gasteiger partial charge in [0.1, 0.15) is 5.69 Å². The topological polar surface area (TPSA) is 71.5 Å². The van der Waals surface area contributed by atoms with Crippen molar-refractivity contribution in [2.24, 2.45) is 11.3 Å². The van der Waals surface area contributed by atoms with E-state index < -0.39 is 53.7 Å². The molecule has 1 saturated heterocycles. The Bertz CT molecular complexity index is 875. The fourth-order valence-corrected chi connectivity index (χ4v) is 3.77. The van der Waals surface area contributed by atoms with Gasteiger partial charge in [-0.25, -0.2) is 9.78 Å². The molecule has 33 heavy (non-hydrogen) atoms. The molecule has 0 radical (unpaired) electrons. The Kier molecular flexibility index (Phi) is 6.21. The lowest BCUT2D eigenvalue weighted by atomic mass is 9.91. The average Bonchev–Trinajstić information content (AvgIpc) is 3.38. The number of nitrogens with one attached hydrogen (secondary N) is 1. The monoisotopic (exact) mass is 493 g/mol. The van der Waals surface area contributed by atoms with Crippen LogP contribution in [0.3, 0.4) is 0 Å². The van der Waals surface area contributed by atoms with Gasteiger partial charge in [0.2, 0.25) is 5.91 Å². The van der Waals surface area contributed by atoms with E-state index in [1.807, 2.05) is 0 Å². The van der Waals surface area contributed by atoms with Crippen molar-refractivity contribution in [3.05, 3.63) is 24.0 Å². The molecule has 1 aliphatic heterocycles. The summed E-state index contributed by atoms with van der Waals surface area (Å²) in [4.78, 5) is 28.1. The number of carbonyl (C=O) groups is 2. The lowest BCUT2D eigenvalue weighted by molar-refractivity contribution is -0.308. The second-order valence-electron chi connectivity index (χ2n) is 7.87. The first kappa shape index (κ1) is 24.9. The molecule has 184 valence electrons. The van der Waals surface area contributed by atoms with Gasteiger partial charge in [-0.05, 0) is 36.8 Å². The number of likely N-dealkylation sites (tertiary alicyclic amines) is 1. The van der Waals surface area contributed by atoms with Gasteiger partial charge in [-0.15, -0.1) is 0 Å². The first-order valence-electron chi connectivity index (χ1n) is 9.46. The molecule has 0 bridgehead atoms. The van der Waals surface area contributed by atoms with E-state index >= 15 is 0 Å². The molecular formula is C18H16F9N3O3. The number of amides is 2. The fourth-order valence-electron chi connectivity index (χ4n) is 3.77. The van der Waals surface area contributed by atoms with Crippen LogP contribution in [0, 0.1) is 11.3 Å². The third-order valence-electron chi connectivity index (χ3n) is 5.66. The highest BCUT2D eigenvalue weighted by atomic mass is 19.4. The van der Waals surface area contributed by atoms with E-state index in [0.717, 1.165) is 12.3 Å². The SMILES string of the molecule is O=C(Nc1ccc(C(F)(F)F)nc1)[C@@H]1CC12CCN(C(=O)OC(C(F)(F)F)C(F)(F)F)CC2. The van der Waals surface area contributed by atoms with E-state index in [2.05, 4.69) is 15.0 Å². The number of halogens is 9. The van der Waals surface area contributed by atoms with Crippen LogP contribution < -0.4 is 5.32 Å². The van der Waals surface area contributed by atoms with Crippen molar-refractivity contribution in [2.45, 2.75) is 43.9 Å². The summed E-state index contributed by atoms with van der Waals surface area (Å²) in [7, 11) is 0. The number of ether oxygens (including phenoxy) is 1. The molecule has 0 aromatic carbocycles. The van der Waals surface area contributed by atoms with Gasteiger partial charge in [-0.2, -0.15) is 39.5 Å². The number of carbonyl (C=O) groups excluding carboxylic acids is 2. The molecular weight excluding hydrogens is 477 g/mol. The summed E-state index contributed by atoms with van der Waals surface area (Å²) in [6.07, 6.45) is -20.8. The maximum atomic E-state index is 12.6. The van der Waals surface area contributed by atoms with Crippen LogP contribution in [-0.2, 0) is 15.7 Å². The third-order valence-corrected chi connectivity index (χ3v) is 5.66. The van der Waals surface area contributed by atoms with Crippen LogP contribution in [-0.4, -0.2) is 53.4 Å². The normalized spacial score (nSPS) is 20.7. The summed E-state index contributed by atoms with van der Waals surface area (Å²) < 4.78 is 117. The number of aromatic nitrogens is 1. The van der Waals surface area contributed by atoms with Crippen molar-refractivity contribution >= 4 is 17.7 Å². The van der Waals surface area contributed by atoms with Crippen LogP contribution in [0.5, 0.6) is 0 Å². The summed E-state index contributed by atoms with van der Waals surface area (Å²) in [6, 6.07) is 1.72. The third kappa shape index (κ3) is 5.61. The van der Waals surface area contributed by atoms with Gasteiger partial charge in [0, 0.05) is 19.0 Å². The molecule has 6 nitrogen and oxygen atoms in total. The van der Waals surface area contributed by atoms with E-state index in [-0.39, 0.29) is 31.6 Å². The summed E-state index contributed by atoms with van der Waals surface area (Å²) >= 11 is 0. The molecule has 3 rings (SSSR count). The summed E-state index contributed by atoms with van der Waals surface area (Å²) in [5, 5.41) is 2.42. The van der Waals surface area contributed by atoms with Crippen molar-refractivity contribution in [1.82, 2.24) is 9.88 Å². The van der Waals surface area contributed by atoms with Crippen LogP contribution >= 0.6 is 0 Å². The Morgan fingerprint density at radius 2 is 1.61 bits per heavy atom. The summed E-state index contributed by atoms with van der Waals surface area (Å²) in [6.45, 7) is -0.431. The molecule has 1 spiro atoms. The zero-order valence-electron chi connectivity index (χ0n) is 16.4. The molecule has 1 aliphatic carbocycles. The fraction of sp³-hybridized carbons (Fsp3) is 0.611. The maximum Gasteiger partial charge on any atom is 0.434 e. The second kappa shape index (κ2) is 8.24. The highest BCUT2D eigenvalue weighted by Crippen LogP contribution is 2.59. The van der Waals surface area contributed by atoms with Gasteiger partial charge < -0.3 is 15.0 Å². The van der Waals surface area contributed by atoms with Gasteiger partial charge >= 0.3 is 24.6 Å². The maximum absolute atomic E-state index is 12.6. The van der Waals surface area contributed by atoms with Crippen molar-refractivity contribution in [3.8, 4) is 0 Å².